The van der Waals surface area contributed by atoms with Crippen LogP contribution >= 0.6 is 11.6 Å². The molecule has 0 unspecified atom stereocenters. The SMILES string of the molecule is CCC(=O)Nc1ccc(Cl)c(NC(=O)c2ccc(NC(=O)C(C)C)cc2)c1. The lowest BCUT2D eigenvalue weighted by Gasteiger charge is -2.11. The summed E-state index contributed by atoms with van der Waals surface area (Å²) in [6.07, 6.45) is 0.351. The van der Waals surface area contributed by atoms with Crippen LogP contribution < -0.4 is 16.0 Å². The monoisotopic (exact) mass is 387 g/mol. The van der Waals surface area contributed by atoms with Crippen molar-refractivity contribution < 1.29 is 14.4 Å². The predicted octanol–water partition coefficient (Wildman–Crippen LogP) is 4.54. The van der Waals surface area contributed by atoms with Crippen LogP contribution in [0.4, 0.5) is 17.1 Å². The van der Waals surface area contributed by atoms with Crippen LogP contribution in [0.25, 0.3) is 0 Å². The van der Waals surface area contributed by atoms with Gasteiger partial charge in [0.25, 0.3) is 5.91 Å². The van der Waals surface area contributed by atoms with Crippen molar-refractivity contribution in [2.24, 2.45) is 5.92 Å². The Labute approximate surface area is 163 Å². The molecule has 2 aromatic rings. The highest BCUT2D eigenvalue weighted by Gasteiger charge is 2.11. The summed E-state index contributed by atoms with van der Waals surface area (Å²) in [7, 11) is 0. The standard InChI is InChI=1S/C20H22ClN3O3/c1-4-18(25)22-15-9-10-16(21)17(11-15)24-20(27)13-5-7-14(8-6-13)23-19(26)12(2)3/h5-12H,4H2,1-3H3,(H,22,25)(H,23,26)(H,24,27). The number of carbonyl (C=O) groups excluding carboxylic acids is 3. The van der Waals surface area contributed by atoms with Gasteiger partial charge in [0.05, 0.1) is 10.7 Å². The zero-order chi connectivity index (χ0) is 20.0. The lowest BCUT2D eigenvalue weighted by molar-refractivity contribution is -0.119. The van der Waals surface area contributed by atoms with E-state index in [2.05, 4.69) is 16.0 Å². The van der Waals surface area contributed by atoms with E-state index in [1.165, 1.54) is 0 Å². The molecule has 0 spiro atoms. The molecular weight excluding hydrogens is 366 g/mol. The first-order chi connectivity index (χ1) is 12.8. The second-order valence-corrected chi connectivity index (χ2v) is 6.68. The highest BCUT2D eigenvalue weighted by Crippen LogP contribution is 2.26. The lowest BCUT2D eigenvalue weighted by Crippen LogP contribution is -2.18. The van der Waals surface area contributed by atoms with Crippen molar-refractivity contribution in [1.29, 1.82) is 0 Å². The van der Waals surface area contributed by atoms with Gasteiger partial charge in [0.2, 0.25) is 11.8 Å². The van der Waals surface area contributed by atoms with E-state index in [0.717, 1.165) is 0 Å². The molecular formula is C20H22ClN3O3. The number of anilines is 3. The zero-order valence-electron chi connectivity index (χ0n) is 15.4. The minimum absolute atomic E-state index is 0.0927. The Morgan fingerprint density at radius 1 is 0.926 bits per heavy atom. The van der Waals surface area contributed by atoms with Crippen LogP contribution in [0.1, 0.15) is 37.6 Å². The average molecular weight is 388 g/mol. The third kappa shape index (κ3) is 5.82. The largest absolute Gasteiger partial charge is 0.326 e. The van der Waals surface area contributed by atoms with Crippen LogP contribution in [0, 0.1) is 5.92 Å². The number of carbonyl (C=O) groups is 3. The molecule has 0 heterocycles. The van der Waals surface area contributed by atoms with Crippen molar-refractivity contribution in [1.82, 2.24) is 0 Å². The molecule has 0 fully saturated rings. The summed E-state index contributed by atoms with van der Waals surface area (Å²) in [5.41, 5.74) is 1.98. The van der Waals surface area contributed by atoms with Crippen molar-refractivity contribution in [2.75, 3.05) is 16.0 Å². The minimum Gasteiger partial charge on any atom is -0.326 e. The van der Waals surface area contributed by atoms with Gasteiger partial charge in [-0.3, -0.25) is 14.4 Å². The van der Waals surface area contributed by atoms with E-state index in [9.17, 15) is 14.4 Å². The van der Waals surface area contributed by atoms with E-state index < -0.39 is 0 Å². The van der Waals surface area contributed by atoms with Crippen molar-refractivity contribution in [3.05, 3.63) is 53.1 Å². The maximum Gasteiger partial charge on any atom is 0.255 e. The van der Waals surface area contributed by atoms with Gasteiger partial charge in [-0.1, -0.05) is 32.4 Å². The average Bonchev–Trinajstić information content (AvgIpc) is 2.64. The summed E-state index contributed by atoms with van der Waals surface area (Å²) >= 11 is 6.14. The van der Waals surface area contributed by atoms with Crippen LogP contribution in [0.5, 0.6) is 0 Å². The number of hydrogen-bond acceptors (Lipinski definition) is 3. The summed E-state index contributed by atoms with van der Waals surface area (Å²) < 4.78 is 0. The van der Waals surface area contributed by atoms with Gasteiger partial charge in [0.15, 0.2) is 0 Å². The molecule has 3 N–H and O–H groups in total. The first kappa shape index (κ1) is 20.5. The summed E-state index contributed by atoms with van der Waals surface area (Å²) in [6.45, 7) is 5.36. The van der Waals surface area contributed by atoms with Crippen molar-refractivity contribution in [3.63, 3.8) is 0 Å². The third-order valence-corrected chi connectivity index (χ3v) is 4.09. The van der Waals surface area contributed by atoms with E-state index in [1.807, 2.05) is 0 Å². The number of amides is 3. The van der Waals surface area contributed by atoms with Crippen molar-refractivity contribution in [3.8, 4) is 0 Å². The highest BCUT2D eigenvalue weighted by molar-refractivity contribution is 6.34. The van der Waals surface area contributed by atoms with Crippen LogP contribution in [0.2, 0.25) is 5.02 Å². The Hall–Kier alpha value is -2.86. The Bertz CT molecular complexity index is 848. The molecule has 0 bridgehead atoms. The number of rotatable bonds is 6. The molecule has 6 nitrogen and oxygen atoms in total. The second kappa shape index (κ2) is 9.19. The van der Waals surface area contributed by atoms with Gasteiger partial charge in [-0.2, -0.15) is 0 Å². The van der Waals surface area contributed by atoms with E-state index >= 15 is 0 Å². The second-order valence-electron chi connectivity index (χ2n) is 6.27. The third-order valence-electron chi connectivity index (χ3n) is 3.76. The fraction of sp³-hybridized carbons (Fsp3) is 0.250. The van der Waals surface area contributed by atoms with Gasteiger partial charge in [0, 0.05) is 29.3 Å². The van der Waals surface area contributed by atoms with Gasteiger partial charge in [-0.25, -0.2) is 0 Å². The molecule has 0 saturated heterocycles. The fourth-order valence-corrected chi connectivity index (χ4v) is 2.30. The summed E-state index contributed by atoms with van der Waals surface area (Å²) in [4.78, 5) is 35.7. The Kier molecular flexibility index (Phi) is 6.96. The van der Waals surface area contributed by atoms with Gasteiger partial charge in [-0.15, -0.1) is 0 Å². The van der Waals surface area contributed by atoms with Crippen LogP contribution in [-0.4, -0.2) is 17.7 Å². The Morgan fingerprint density at radius 2 is 1.56 bits per heavy atom. The maximum absolute atomic E-state index is 12.5. The summed E-state index contributed by atoms with van der Waals surface area (Å²) in [6, 6.07) is 11.4. The molecule has 142 valence electrons. The molecule has 2 aromatic carbocycles. The van der Waals surface area contributed by atoms with Crippen LogP contribution in [-0.2, 0) is 9.59 Å². The normalized spacial score (nSPS) is 10.4. The van der Waals surface area contributed by atoms with Crippen LogP contribution in [0.3, 0.4) is 0 Å². The van der Waals surface area contributed by atoms with Gasteiger partial charge < -0.3 is 16.0 Å². The van der Waals surface area contributed by atoms with Crippen molar-refractivity contribution in [2.45, 2.75) is 27.2 Å². The molecule has 0 aliphatic rings. The molecule has 7 heteroatoms. The molecule has 27 heavy (non-hydrogen) atoms. The maximum atomic E-state index is 12.5. The number of nitrogens with one attached hydrogen (secondary N) is 3. The lowest BCUT2D eigenvalue weighted by atomic mass is 10.1. The molecule has 0 aromatic heterocycles. The molecule has 2 rings (SSSR count). The number of halogens is 1. The number of benzene rings is 2. The molecule has 0 aliphatic heterocycles. The first-order valence-corrected chi connectivity index (χ1v) is 8.99. The zero-order valence-corrected chi connectivity index (χ0v) is 16.2. The van der Waals surface area contributed by atoms with E-state index in [4.69, 9.17) is 11.6 Å². The van der Waals surface area contributed by atoms with E-state index in [0.29, 0.717) is 34.1 Å². The minimum atomic E-state index is -0.349. The van der Waals surface area contributed by atoms with Gasteiger partial charge in [0.1, 0.15) is 0 Å². The van der Waals surface area contributed by atoms with Crippen LogP contribution in [0.15, 0.2) is 42.5 Å². The quantitative estimate of drug-likeness (QED) is 0.680. The molecule has 0 atom stereocenters. The van der Waals surface area contributed by atoms with Gasteiger partial charge >= 0.3 is 0 Å². The Balaban J connectivity index is 2.09. The number of hydrogen-bond donors (Lipinski definition) is 3. The topological polar surface area (TPSA) is 87.3 Å². The Morgan fingerprint density at radius 3 is 2.15 bits per heavy atom. The highest BCUT2D eigenvalue weighted by atomic mass is 35.5. The smallest absolute Gasteiger partial charge is 0.255 e. The van der Waals surface area contributed by atoms with E-state index in [1.54, 1.807) is 63.2 Å². The first-order valence-electron chi connectivity index (χ1n) is 8.61. The molecule has 0 aliphatic carbocycles. The molecule has 0 radical (unpaired) electrons. The molecule has 0 saturated carbocycles. The predicted molar refractivity (Wildman–Crippen MR) is 108 cm³/mol. The fourth-order valence-electron chi connectivity index (χ4n) is 2.13. The van der Waals surface area contributed by atoms with Crippen molar-refractivity contribution >= 4 is 46.4 Å². The summed E-state index contributed by atoms with van der Waals surface area (Å²) in [5, 5.41) is 8.57. The molecule has 3 amide bonds. The summed E-state index contributed by atoms with van der Waals surface area (Å²) in [5.74, 6) is -0.702. The van der Waals surface area contributed by atoms with Gasteiger partial charge in [-0.05, 0) is 42.5 Å². The van der Waals surface area contributed by atoms with E-state index in [-0.39, 0.29) is 23.6 Å².